The van der Waals surface area contributed by atoms with E-state index in [0.29, 0.717) is 5.02 Å². The van der Waals surface area contributed by atoms with E-state index in [1.54, 1.807) is 0 Å². The van der Waals surface area contributed by atoms with Crippen LogP contribution in [-0.2, 0) is 51.1 Å². The summed E-state index contributed by atoms with van der Waals surface area (Å²) in [5.41, 5.74) is 3.99. The van der Waals surface area contributed by atoms with Crippen LogP contribution in [0.25, 0.3) is 10.9 Å². The van der Waals surface area contributed by atoms with Crippen LogP contribution in [0.15, 0.2) is 42.6 Å². The van der Waals surface area contributed by atoms with Gasteiger partial charge in [-0.15, -0.1) is 9.36 Å². The zero-order valence-corrected chi connectivity index (χ0v) is 17.6. The number of rotatable bonds is 3. The molecule has 0 spiro atoms. The molecule has 121 valence electrons. The van der Waals surface area contributed by atoms with Gasteiger partial charge in [0.15, 0.2) is 13.6 Å². The molecule has 0 atom stereocenters. The van der Waals surface area contributed by atoms with Crippen LogP contribution in [0.1, 0.15) is 11.1 Å². The van der Waals surface area contributed by atoms with E-state index in [0.717, 1.165) is 27.7 Å². The van der Waals surface area contributed by atoms with Crippen molar-refractivity contribution in [1.82, 2.24) is 4.68 Å². The average Bonchev–Trinajstić information content (AvgIpc) is 2.78. The molecule has 0 fully saturated rings. The number of hydrogen-bond donors (Lipinski definition) is 1. The van der Waals surface area contributed by atoms with Crippen molar-refractivity contribution in [3.8, 4) is 0 Å². The Hall–Kier alpha value is -1.23. The van der Waals surface area contributed by atoms with Crippen molar-refractivity contribution in [2.24, 2.45) is 7.05 Å². The Balaban J connectivity index is 0.00000208. The number of aryl methyl sites for hydroxylation is 3. The zero-order chi connectivity index (χ0) is 16.6. The maximum Gasteiger partial charge on any atom is 0.250 e. The van der Waals surface area contributed by atoms with E-state index in [9.17, 15) is 4.79 Å². The van der Waals surface area contributed by atoms with Crippen molar-refractivity contribution < 1.29 is 42.2 Å². The number of aromatic nitrogens is 2. The number of fused-ring (bicyclic) bond motifs is 1. The summed E-state index contributed by atoms with van der Waals surface area (Å²) < 4.78 is 3.83. The van der Waals surface area contributed by atoms with Crippen LogP contribution in [-0.4, -0.2) is 10.6 Å². The Morgan fingerprint density at radius 1 is 1.21 bits per heavy atom. The molecule has 0 aliphatic carbocycles. The van der Waals surface area contributed by atoms with Gasteiger partial charge >= 0.3 is 0 Å². The topological polar surface area (TPSA) is 37.9 Å². The number of carbonyl (C=O) groups is 1. The molecule has 24 heavy (non-hydrogen) atoms. The first-order valence-electron chi connectivity index (χ1n) is 7.46. The maximum absolute atomic E-state index is 12.5. The summed E-state index contributed by atoms with van der Waals surface area (Å²) in [4.78, 5) is 12.5. The molecule has 4 nitrogen and oxygen atoms in total. The standard InChI is InChI=1S/C18H18ClN3O.Y/c1-12-5-4-6-13(2)18(12)20-17(23)11-22-16-8-7-15(19)9-14(16)10-21(22)3;/h4-10H,11H2,1-3H3;/p+1. The molecule has 3 aromatic rings. The van der Waals surface area contributed by atoms with E-state index >= 15 is 0 Å². The van der Waals surface area contributed by atoms with Gasteiger partial charge in [0, 0.05) is 43.4 Å². The Bertz CT molecular complexity index is 884. The Morgan fingerprint density at radius 3 is 2.54 bits per heavy atom. The molecule has 0 saturated heterocycles. The van der Waals surface area contributed by atoms with Gasteiger partial charge in [-0.3, -0.25) is 4.79 Å². The molecule has 0 unspecified atom stereocenters. The van der Waals surface area contributed by atoms with E-state index < -0.39 is 0 Å². The molecule has 1 radical (unpaired) electrons. The average molecular weight is 418 g/mol. The number of carbonyl (C=O) groups excluding carboxylic acids is 1. The second-order valence-corrected chi connectivity index (χ2v) is 6.21. The predicted molar refractivity (Wildman–Crippen MR) is 92.7 cm³/mol. The van der Waals surface area contributed by atoms with Gasteiger partial charge in [-0.2, -0.15) is 0 Å². The molecule has 1 amide bonds. The maximum atomic E-state index is 12.5. The van der Waals surface area contributed by atoms with Crippen LogP contribution < -0.4 is 10.00 Å². The fourth-order valence-corrected chi connectivity index (χ4v) is 3.01. The summed E-state index contributed by atoms with van der Waals surface area (Å²) in [5.74, 6) is -0.0505. The van der Waals surface area contributed by atoms with E-state index in [1.165, 1.54) is 0 Å². The number of halogens is 1. The fourth-order valence-electron chi connectivity index (χ4n) is 2.83. The van der Waals surface area contributed by atoms with Crippen molar-refractivity contribution in [3.05, 3.63) is 58.7 Å². The summed E-state index contributed by atoms with van der Waals surface area (Å²) in [5, 5.41) is 4.72. The molecule has 0 saturated carbocycles. The van der Waals surface area contributed by atoms with Crippen molar-refractivity contribution in [2.75, 3.05) is 5.32 Å². The van der Waals surface area contributed by atoms with E-state index in [4.69, 9.17) is 11.6 Å². The minimum Gasteiger partial charge on any atom is -0.324 e. The van der Waals surface area contributed by atoms with Gasteiger partial charge in [0.05, 0.1) is 5.39 Å². The monoisotopic (exact) mass is 417 g/mol. The fraction of sp³-hybridized carbons (Fsp3) is 0.222. The first-order chi connectivity index (χ1) is 11.0. The first kappa shape index (κ1) is 19.1. The van der Waals surface area contributed by atoms with Gasteiger partial charge in [-0.05, 0) is 43.2 Å². The summed E-state index contributed by atoms with van der Waals surface area (Å²) in [6.45, 7) is 4.24. The van der Waals surface area contributed by atoms with E-state index in [-0.39, 0.29) is 45.2 Å². The van der Waals surface area contributed by atoms with Gasteiger partial charge < -0.3 is 5.32 Å². The third kappa shape index (κ3) is 3.88. The number of hydrogen-bond acceptors (Lipinski definition) is 1. The minimum absolute atomic E-state index is 0. The summed E-state index contributed by atoms with van der Waals surface area (Å²) >= 11 is 6.03. The van der Waals surface area contributed by atoms with Gasteiger partial charge in [0.2, 0.25) is 12.1 Å². The quantitative estimate of drug-likeness (QED) is 0.652. The van der Waals surface area contributed by atoms with Crippen molar-refractivity contribution in [1.29, 1.82) is 0 Å². The number of para-hydroxylation sites is 1. The second-order valence-electron chi connectivity index (χ2n) is 5.78. The Labute approximate surface area is 171 Å². The zero-order valence-electron chi connectivity index (χ0n) is 14.0. The molecule has 2 aromatic carbocycles. The molecule has 3 rings (SSSR count). The molecule has 1 aromatic heterocycles. The molecule has 0 aliphatic rings. The molecule has 1 heterocycles. The molecular weight excluding hydrogens is 399 g/mol. The smallest absolute Gasteiger partial charge is 0.250 e. The summed E-state index contributed by atoms with van der Waals surface area (Å²) in [6, 6.07) is 11.7. The van der Waals surface area contributed by atoms with Crippen LogP contribution in [0.3, 0.4) is 0 Å². The van der Waals surface area contributed by atoms with E-state index in [1.807, 2.05) is 72.9 Å². The van der Waals surface area contributed by atoms with Gasteiger partial charge in [-0.1, -0.05) is 29.8 Å². The third-order valence-corrected chi connectivity index (χ3v) is 4.25. The molecule has 1 N–H and O–H groups in total. The Kier molecular flexibility index (Phi) is 6.19. The Morgan fingerprint density at radius 2 is 1.88 bits per heavy atom. The number of nitrogens with zero attached hydrogens (tertiary/aromatic N) is 2. The summed E-state index contributed by atoms with van der Waals surface area (Å²) in [6.07, 6.45) is 1.97. The number of anilines is 1. The van der Waals surface area contributed by atoms with Gasteiger partial charge in [0.1, 0.15) is 5.52 Å². The largest absolute Gasteiger partial charge is 0.324 e. The first-order valence-corrected chi connectivity index (χ1v) is 7.84. The van der Waals surface area contributed by atoms with E-state index in [2.05, 4.69) is 5.32 Å². The van der Waals surface area contributed by atoms with Crippen LogP contribution in [0.4, 0.5) is 5.69 Å². The van der Waals surface area contributed by atoms with Crippen LogP contribution in [0.2, 0.25) is 5.02 Å². The second kappa shape index (κ2) is 7.77. The van der Waals surface area contributed by atoms with Crippen molar-refractivity contribution >= 4 is 34.1 Å². The van der Waals surface area contributed by atoms with Crippen LogP contribution >= 0.6 is 11.6 Å². The van der Waals surface area contributed by atoms with Crippen molar-refractivity contribution in [3.63, 3.8) is 0 Å². The van der Waals surface area contributed by atoms with Crippen LogP contribution in [0.5, 0.6) is 0 Å². The molecule has 0 aliphatic heterocycles. The molecule has 0 bridgehead atoms. The summed E-state index contributed by atoms with van der Waals surface area (Å²) in [7, 11) is 1.92. The molecule has 6 heteroatoms. The molecular formula is C18H19ClN3OY+. The number of benzene rings is 2. The van der Waals surface area contributed by atoms with Crippen LogP contribution in [0, 0.1) is 13.8 Å². The normalized spacial score (nSPS) is 10.5. The van der Waals surface area contributed by atoms with Gasteiger partial charge in [0.25, 0.3) is 0 Å². The predicted octanol–water partition coefficient (Wildman–Crippen LogP) is 3.37. The SMILES string of the molecule is Cc1cccc(C)c1NC(=O)Cn1c2ccc(Cl)cc2c[n+]1C.[Y]. The number of amides is 1. The minimum atomic E-state index is -0.0505. The number of nitrogens with one attached hydrogen (secondary N) is 1. The van der Waals surface area contributed by atoms with Gasteiger partial charge in [-0.25, -0.2) is 0 Å². The van der Waals surface area contributed by atoms with Crippen molar-refractivity contribution in [2.45, 2.75) is 20.4 Å². The third-order valence-electron chi connectivity index (χ3n) is 4.01.